The number of hydrogen-bond acceptors (Lipinski definition) is 4. The van der Waals surface area contributed by atoms with Crippen LogP contribution in [0.3, 0.4) is 0 Å². The van der Waals surface area contributed by atoms with Crippen LogP contribution in [-0.2, 0) is 16.6 Å². The molecule has 0 spiro atoms. The van der Waals surface area contributed by atoms with E-state index in [4.69, 9.17) is 5.73 Å². The van der Waals surface area contributed by atoms with E-state index >= 15 is 0 Å². The summed E-state index contributed by atoms with van der Waals surface area (Å²) in [6, 6.07) is 1.73. The highest BCUT2D eigenvalue weighted by molar-refractivity contribution is 7.89. The molecule has 1 saturated carbocycles. The molecule has 0 radical (unpaired) electrons. The zero-order valence-corrected chi connectivity index (χ0v) is 12.9. The van der Waals surface area contributed by atoms with Crippen molar-refractivity contribution in [1.29, 1.82) is 0 Å². The Morgan fingerprint density at radius 2 is 2.26 bits per heavy atom. The molecule has 6 heteroatoms. The first kappa shape index (κ1) is 15.0. The molecule has 4 nitrogen and oxygen atoms in total. The summed E-state index contributed by atoms with van der Waals surface area (Å²) >= 11 is 1.40. The summed E-state index contributed by atoms with van der Waals surface area (Å²) in [5.41, 5.74) is 5.59. The van der Waals surface area contributed by atoms with Gasteiger partial charge in [-0.05, 0) is 30.2 Å². The molecular weight excluding hydrogens is 280 g/mol. The highest BCUT2D eigenvalue weighted by Crippen LogP contribution is 2.28. The summed E-state index contributed by atoms with van der Waals surface area (Å²) in [4.78, 5) is 1.09. The van der Waals surface area contributed by atoms with E-state index in [1.54, 1.807) is 11.4 Å². The van der Waals surface area contributed by atoms with Crippen molar-refractivity contribution in [2.75, 3.05) is 0 Å². The molecule has 2 rings (SSSR count). The fourth-order valence-electron chi connectivity index (χ4n) is 2.77. The first-order valence-electron chi connectivity index (χ1n) is 6.85. The molecular formula is C13H22N2O2S2. The molecule has 2 atom stereocenters. The van der Waals surface area contributed by atoms with Crippen molar-refractivity contribution in [2.24, 2.45) is 11.7 Å². The predicted molar refractivity (Wildman–Crippen MR) is 78.6 cm³/mol. The van der Waals surface area contributed by atoms with Crippen LogP contribution in [0.1, 0.15) is 43.9 Å². The predicted octanol–water partition coefficient (Wildman–Crippen LogP) is 2.45. The maximum Gasteiger partial charge on any atom is 0.241 e. The summed E-state index contributed by atoms with van der Waals surface area (Å²) in [7, 11) is -3.41. The monoisotopic (exact) mass is 302 g/mol. The Labute approximate surface area is 119 Å². The lowest BCUT2D eigenvalue weighted by Gasteiger charge is -2.28. The lowest BCUT2D eigenvalue weighted by molar-refractivity contribution is 0.301. The van der Waals surface area contributed by atoms with Crippen molar-refractivity contribution in [3.63, 3.8) is 0 Å². The van der Waals surface area contributed by atoms with E-state index in [2.05, 4.69) is 11.6 Å². The molecule has 0 saturated heterocycles. The Balaban J connectivity index is 2.09. The van der Waals surface area contributed by atoms with Gasteiger partial charge in [-0.25, -0.2) is 13.1 Å². The standard InChI is InChI=1S/C13H22N2O2S2/c1-2-10-4-3-5-11(8-10)15-19(16,17)13-6-7-18-12(13)9-14/h6-7,10-11,15H,2-5,8-9,14H2,1H3. The Kier molecular flexibility index (Phi) is 5.00. The van der Waals surface area contributed by atoms with Crippen molar-refractivity contribution in [3.8, 4) is 0 Å². The molecule has 1 aromatic heterocycles. The molecule has 1 aliphatic carbocycles. The van der Waals surface area contributed by atoms with E-state index < -0.39 is 10.0 Å². The van der Waals surface area contributed by atoms with Gasteiger partial charge in [0, 0.05) is 17.5 Å². The minimum absolute atomic E-state index is 0.0780. The number of hydrogen-bond donors (Lipinski definition) is 2. The Morgan fingerprint density at radius 1 is 1.47 bits per heavy atom. The molecule has 0 amide bonds. The zero-order chi connectivity index (χ0) is 13.9. The van der Waals surface area contributed by atoms with Crippen molar-refractivity contribution in [1.82, 2.24) is 4.72 Å². The van der Waals surface area contributed by atoms with Gasteiger partial charge in [-0.15, -0.1) is 11.3 Å². The summed E-state index contributed by atoms with van der Waals surface area (Å²) in [6.07, 6.45) is 5.36. The zero-order valence-electron chi connectivity index (χ0n) is 11.3. The van der Waals surface area contributed by atoms with Crippen LogP contribution < -0.4 is 10.5 Å². The minimum atomic E-state index is -3.41. The largest absolute Gasteiger partial charge is 0.326 e. The van der Waals surface area contributed by atoms with E-state index in [0.717, 1.165) is 30.6 Å². The first-order chi connectivity index (χ1) is 9.06. The quantitative estimate of drug-likeness (QED) is 0.877. The SMILES string of the molecule is CCC1CCCC(NS(=O)(=O)c2ccsc2CN)C1. The van der Waals surface area contributed by atoms with Crippen LogP contribution in [0.5, 0.6) is 0 Å². The molecule has 1 heterocycles. The van der Waals surface area contributed by atoms with Gasteiger partial charge in [0.1, 0.15) is 0 Å². The van der Waals surface area contributed by atoms with Crippen molar-refractivity contribution in [2.45, 2.75) is 56.5 Å². The number of rotatable bonds is 5. The van der Waals surface area contributed by atoms with Crippen LogP contribution in [0.15, 0.2) is 16.3 Å². The average molecular weight is 302 g/mol. The highest BCUT2D eigenvalue weighted by Gasteiger charge is 2.27. The summed E-state index contributed by atoms with van der Waals surface area (Å²) in [5.74, 6) is 0.651. The van der Waals surface area contributed by atoms with Crippen LogP contribution in [-0.4, -0.2) is 14.5 Å². The van der Waals surface area contributed by atoms with Crippen molar-refractivity contribution < 1.29 is 8.42 Å². The number of nitrogens with one attached hydrogen (secondary N) is 1. The van der Waals surface area contributed by atoms with Gasteiger partial charge in [0.25, 0.3) is 0 Å². The topological polar surface area (TPSA) is 72.2 Å². The summed E-state index contributed by atoms with van der Waals surface area (Å²) in [5, 5.41) is 1.78. The van der Waals surface area contributed by atoms with E-state index in [0.29, 0.717) is 10.8 Å². The molecule has 0 bridgehead atoms. The lowest BCUT2D eigenvalue weighted by atomic mass is 9.85. The lowest BCUT2D eigenvalue weighted by Crippen LogP contribution is -2.38. The molecule has 19 heavy (non-hydrogen) atoms. The van der Waals surface area contributed by atoms with Crippen LogP contribution in [0.2, 0.25) is 0 Å². The fraction of sp³-hybridized carbons (Fsp3) is 0.692. The van der Waals surface area contributed by atoms with Crippen molar-refractivity contribution in [3.05, 3.63) is 16.3 Å². The summed E-state index contributed by atoms with van der Waals surface area (Å²) in [6.45, 7) is 2.45. The minimum Gasteiger partial charge on any atom is -0.326 e. The maximum absolute atomic E-state index is 12.4. The third-order valence-electron chi connectivity index (χ3n) is 3.86. The van der Waals surface area contributed by atoms with Crippen LogP contribution >= 0.6 is 11.3 Å². The van der Waals surface area contributed by atoms with Crippen LogP contribution in [0.4, 0.5) is 0 Å². The van der Waals surface area contributed by atoms with E-state index in [-0.39, 0.29) is 12.6 Å². The van der Waals surface area contributed by atoms with Gasteiger partial charge >= 0.3 is 0 Å². The Morgan fingerprint density at radius 3 is 2.95 bits per heavy atom. The molecule has 3 N–H and O–H groups in total. The second kappa shape index (κ2) is 6.35. The second-order valence-corrected chi connectivity index (χ2v) is 7.85. The van der Waals surface area contributed by atoms with Crippen molar-refractivity contribution >= 4 is 21.4 Å². The van der Waals surface area contributed by atoms with Crippen LogP contribution in [0.25, 0.3) is 0 Å². The van der Waals surface area contributed by atoms with E-state index in [1.165, 1.54) is 17.8 Å². The molecule has 0 aromatic carbocycles. The normalized spacial score (nSPS) is 24.5. The highest BCUT2D eigenvalue weighted by atomic mass is 32.2. The smallest absolute Gasteiger partial charge is 0.241 e. The van der Waals surface area contributed by atoms with Gasteiger partial charge in [-0.2, -0.15) is 0 Å². The van der Waals surface area contributed by atoms with E-state index in [9.17, 15) is 8.42 Å². The molecule has 2 unspecified atom stereocenters. The number of sulfonamides is 1. The second-order valence-electron chi connectivity index (χ2n) is 5.17. The molecule has 108 valence electrons. The molecule has 1 aromatic rings. The number of nitrogens with two attached hydrogens (primary N) is 1. The summed E-state index contributed by atoms with van der Waals surface area (Å²) < 4.78 is 27.6. The Bertz CT molecular complexity index is 510. The van der Waals surface area contributed by atoms with Gasteiger partial charge in [-0.3, -0.25) is 0 Å². The maximum atomic E-state index is 12.4. The van der Waals surface area contributed by atoms with Gasteiger partial charge in [0.05, 0.1) is 4.90 Å². The fourth-order valence-corrected chi connectivity index (χ4v) is 5.39. The third-order valence-corrected chi connectivity index (χ3v) is 6.54. The number of thiophene rings is 1. The first-order valence-corrected chi connectivity index (χ1v) is 9.22. The van der Waals surface area contributed by atoms with Gasteiger partial charge in [-0.1, -0.05) is 26.2 Å². The third kappa shape index (κ3) is 3.56. The van der Waals surface area contributed by atoms with Gasteiger partial charge in [0.15, 0.2) is 0 Å². The molecule has 1 fully saturated rings. The Hall–Kier alpha value is -0.430. The van der Waals surface area contributed by atoms with Gasteiger partial charge < -0.3 is 5.73 Å². The van der Waals surface area contributed by atoms with E-state index in [1.807, 2.05) is 0 Å². The average Bonchev–Trinajstić information content (AvgIpc) is 2.87. The molecule has 1 aliphatic rings. The molecule has 0 aliphatic heterocycles. The van der Waals surface area contributed by atoms with Crippen LogP contribution in [0, 0.1) is 5.92 Å². The van der Waals surface area contributed by atoms with Gasteiger partial charge in [0.2, 0.25) is 10.0 Å².